The zero-order chi connectivity index (χ0) is 18.9. The predicted octanol–water partition coefficient (Wildman–Crippen LogP) is 4.68. The Labute approximate surface area is 163 Å². The summed E-state index contributed by atoms with van der Waals surface area (Å²) in [5, 5.41) is 4.40. The Hall–Kier alpha value is -4.19. The Morgan fingerprint density at radius 1 is 0.621 bits per heavy atom. The molecule has 7 aromatic rings. The van der Waals surface area contributed by atoms with E-state index in [2.05, 4.69) is 56.8 Å². The standard InChI is InChI=1S/C23H12N6/c1-2-6-14-13(5-1)9-10-15-18(14)22-26-16-7-3-4-8-17(16)29(22)23-19(15)27-20-21(28-23)25-12-11-24-20/h1-12H. The fourth-order valence-electron chi connectivity index (χ4n) is 4.24. The van der Waals surface area contributed by atoms with Gasteiger partial charge in [-0.15, -0.1) is 0 Å². The molecule has 0 N–H and O–H groups in total. The molecule has 0 aliphatic carbocycles. The van der Waals surface area contributed by atoms with E-state index in [1.807, 2.05) is 18.2 Å². The van der Waals surface area contributed by atoms with Gasteiger partial charge < -0.3 is 0 Å². The molecule has 0 amide bonds. The molecule has 4 heterocycles. The van der Waals surface area contributed by atoms with Crippen LogP contribution in [0.5, 0.6) is 0 Å². The van der Waals surface area contributed by atoms with Crippen LogP contribution in [0.3, 0.4) is 0 Å². The molecule has 0 spiro atoms. The largest absolute Gasteiger partial charge is 0.274 e. The monoisotopic (exact) mass is 372 g/mol. The average molecular weight is 372 g/mol. The zero-order valence-electron chi connectivity index (χ0n) is 15.1. The number of hydrogen-bond acceptors (Lipinski definition) is 5. The summed E-state index contributed by atoms with van der Waals surface area (Å²) in [6.45, 7) is 0. The number of imidazole rings is 1. The molecule has 7 rings (SSSR count). The molecule has 0 bridgehead atoms. The van der Waals surface area contributed by atoms with Crippen LogP contribution in [-0.2, 0) is 0 Å². The van der Waals surface area contributed by atoms with Crippen LogP contribution in [0, 0.1) is 0 Å². The summed E-state index contributed by atoms with van der Waals surface area (Å²) in [7, 11) is 0. The summed E-state index contributed by atoms with van der Waals surface area (Å²) in [5.74, 6) is 0. The topological polar surface area (TPSA) is 68.9 Å². The number of benzene rings is 3. The number of pyridine rings is 1. The molecule has 4 aromatic heterocycles. The smallest absolute Gasteiger partial charge is 0.199 e. The van der Waals surface area contributed by atoms with E-state index >= 15 is 0 Å². The third-order valence-corrected chi connectivity index (χ3v) is 5.48. The van der Waals surface area contributed by atoms with Gasteiger partial charge in [0.25, 0.3) is 0 Å². The highest BCUT2D eigenvalue weighted by atomic mass is 15.1. The third kappa shape index (κ3) is 1.87. The molecule has 0 radical (unpaired) electrons. The van der Waals surface area contributed by atoms with Crippen LogP contribution >= 0.6 is 0 Å². The third-order valence-electron chi connectivity index (χ3n) is 5.48. The van der Waals surface area contributed by atoms with E-state index in [9.17, 15) is 0 Å². The van der Waals surface area contributed by atoms with Crippen LogP contribution in [0.4, 0.5) is 0 Å². The van der Waals surface area contributed by atoms with Gasteiger partial charge in [-0.3, -0.25) is 4.40 Å². The van der Waals surface area contributed by atoms with Gasteiger partial charge in [0.15, 0.2) is 16.9 Å². The molecule has 0 saturated heterocycles. The van der Waals surface area contributed by atoms with Gasteiger partial charge in [0.1, 0.15) is 11.2 Å². The molecule has 0 fully saturated rings. The fourth-order valence-corrected chi connectivity index (χ4v) is 4.24. The van der Waals surface area contributed by atoms with Crippen molar-refractivity contribution < 1.29 is 0 Å². The highest BCUT2D eigenvalue weighted by Crippen LogP contribution is 2.35. The van der Waals surface area contributed by atoms with Gasteiger partial charge in [-0.1, -0.05) is 48.5 Å². The molecule has 0 atom stereocenters. The molecule has 6 nitrogen and oxygen atoms in total. The fraction of sp³-hybridized carbons (Fsp3) is 0. The summed E-state index contributed by atoms with van der Waals surface area (Å²) in [5.41, 5.74) is 5.41. The van der Waals surface area contributed by atoms with Gasteiger partial charge >= 0.3 is 0 Å². The number of hydrogen-bond donors (Lipinski definition) is 0. The Morgan fingerprint density at radius 2 is 1.41 bits per heavy atom. The van der Waals surface area contributed by atoms with Gasteiger partial charge in [-0.2, -0.15) is 0 Å². The quantitative estimate of drug-likeness (QED) is 0.286. The summed E-state index contributed by atoms with van der Waals surface area (Å²) in [6, 6.07) is 20.7. The van der Waals surface area contributed by atoms with Gasteiger partial charge in [0, 0.05) is 23.2 Å². The lowest BCUT2D eigenvalue weighted by Gasteiger charge is -2.10. The molecule has 29 heavy (non-hydrogen) atoms. The number of rotatable bonds is 0. The van der Waals surface area contributed by atoms with Crippen LogP contribution in [0.2, 0.25) is 0 Å². The van der Waals surface area contributed by atoms with E-state index in [4.69, 9.17) is 15.0 Å². The molecule has 0 unspecified atom stereocenters. The lowest BCUT2D eigenvalue weighted by molar-refractivity contribution is 1.16. The van der Waals surface area contributed by atoms with E-state index in [1.54, 1.807) is 12.4 Å². The lowest BCUT2D eigenvalue weighted by Crippen LogP contribution is -1.99. The van der Waals surface area contributed by atoms with Crippen molar-refractivity contribution in [3.8, 4) is 0 Å². The number of para-hydroxylation sites is 2. The predicted molar refractivity (Wildman–Crippen MR) is 114 cm³/mol. The normalized spacial score (nSPS) is 12.1. The van der Waals surface area contributed by atoms with Crippen molar-refractivity contribution in [3.63, 3.8) is 0 Å². The second-order valence-electron chi connectivity index (χ2n) is 7.07. The first-order valence-corrected chi connectivity index (χ1v) is 9.37. The molecule has 3 aromatic carbocycles. The summed E-state index contributed by atoms with van der Waals surface area (Å²) in [6.07, 6.45) is 3.28. The molecular formula is C23H12N6. The molecule has 0 aliphatic heterocycles. The van der Waals surface area contributed by atoms with Crippen molar-refractivity contribution in [2.45, 2.75) is 0 Å². The summed E-state index contributed by atoms with van der Waals surface area (Å²) in [4.78, 5) is 23.4. The van der Waals surface area contributed by atoms with Gasteiger partial charge in [-0.25, -0.2) is 24.9 Å². The first kappa shape index (κ1) is 14.8. The maximum atomic E-state index is 4.98. The maximum absolute atomic E-state index is 4.98. The summed E-state index contributed by atoms with van der Waals surface area (Å²) >= 11 is 0. The number of fused-ring (bicyclic) bond motifs is 11. The Morgan fingerprint density at radius 3 is 2.34 bits per heavy atom. The van der Waals surface area contributed by atoms with Gasteiger partial charge in [0.05, 0.1) is 11.0 Å². The van der Waals surface area contributed by atoms with Crippen LogP contribution in [0.15, 0.2) is 73.1 Å². The van der Waals surface area contributed by atoms with Crippen LogP contribution in [-0.4, -0.2) is 29.3 Å². The SMILES string of the molecule is c1ccc2c(c1)ccc1c3nc4nccnc4nc3n3c4ccccc4nc3c21. The number of nitrogens with zero attached hydrogens (tertiary/aromatic N) is 6. The van der Waals surface area contributed by atoms with Crippen LogP contribution in [0.25, 0.3) is 60.7 Å². The van der Waals surface area contributed by atoms with E-state index in [0.717, 1.165) is 44.0 Å². The molecule has 0 aliphatic rings. The van der Waals surface area contributed by atoms with Crippen molar-refractivity contribution in [3.05, 3.63) is 73.1 Å². The number of aromatic nitrogens is 6. The minimum absolute atomic E-state index is 0.527. The molecule has 134 valence electrons. The summed E-state index contributed by atoms with van der Waals surface area (Å²) < 4.78 is 2.10. The van der Waals surface area contributed by atoms with Crippen LogP contribution in [0.1, 0.15) is 0 Å². The Kier molecular flexibility index (Phi) is 2.66. The second kappa shape index (κ2) is 5.20. The van der Waals surface area contributed by atoms with Crippen molar-refractivity contribution in [1.29, 1.82) is 0 Å². The van der Waals surface area contributed by atoms with E-state index in [-0.39, 0.29) is 0 Å². The second-order valence-corrected chi connectivity index (χ2v) is 7.07. The van der Waals surface area contributed by atoms with Crippen molar-refractivity contribution >= 4 is 60.7 Å². The minimum Gasteiger partial charge on any atom is -0.274 e. The highest BCUT2D eigenvalue weighted by molar-refractivity contribution is 6.22. The lowest BCUT2D eigenvalue weighted by atomic mass is 10.0. The van der Waals surface area contributed by atoms with Crippen molar-refractivity contribution in [2.75, 3.05) is 0 Å². The Balaban J connectivity index is 1.90. The van der Waals surface area contributed by atoms with E-state index in [0.29, 0.717) is 11.3 Å². The van der Waals surface area contributed by atoms with Gasteiger partial charge in [0.2, 0.25) is 0 Å². The average Bonchev–Trinajstić information content (AvgIpc) is 3.17. The van der Waals surface area contributed by atoms with Crippen molar-refractivity contribution in [2.24, 2.45) is 0 Å². The molecular weight excluding hydrogens is 360 g/mol. The van der Waals surface area contributed by atoms with Crippen LogP contribution < -0.4 is 0 Å². The first-order valence-electron chi connectivity index (χ1n) is 9.37. The minimum atomic E-state index is 0.527. The molecule has 6 heteroatoms. The van der Waals surface area contributed by atoms with E-state index < -0.39 is 0 Å². The highest BCUT2D eigenvalue weighted by Gasteiger charge is 2.18. The van der Waals surface area contributed by atoms with E-state index in [1.165, 1.54) is 5.39 Å². The van der Waals surface area contributed by atoms with Crippen molar-refractivity contribution in [1.82, 2.24) is 29.3 Å². The Bertz CT molecular complexity index is 1770. The molecule has 0 saturated carbocycles. The van der Waals surface area contributed by atoms with Gasteiger partial charge in [-0.05, 0) is 22.9 Å². The first-order chi connectivity index (χ1) is 14.4. The zero-order valence-corrected chi connectivity index (χ0v) is 15.1. The maximum Gasteiger partial charge on any atom is 0.199 e.